The van der Waals surface area contributed by atoms with Gasteiger partial charge in [-0.05, 0) is 37.3 Å². The summed E-state index contributed by atoms with van der Waals surface area (Å²) in [7, 11) is 0. The summed E-state index contributed by atoms with van der Waals surface area (Å²) < 4.78 is 5.66. The molecule has 72 valence electrons. The molecule has 1 aromatic heterocycles. The number of nitrogens with two attached hydrogens (primary N) is 1. The molecular formula is C11H17NO. The molecule has 2 heteroatoms. The first kappa shape index (κ1) is 8.82. The zero-order chi connectivity index (χ0) is 9.26. The summed E-state index contributed by atoms with van der Waals surface area (Å²) in [5.41, 5.74) is 6.02. The fraction of sp³-hybridized carbons (Fsp3) is 0.636. The molecule has 13 heavy (non-hydrogen) atoms. The van der Waals surface area contributed by atoms with Crippen LogP contribution in [-0.2, 0) is 6.42 Å². The summed E-state index contributed by atoms with van der Waals surface area (Å²) >= 11 is 0. The van der Waals surface area contributed by atoms with Crippen molar-refractivity contribution in [2.45, 2.75) is 38.6 Å². The largest absolute Gasteiger partial charge is 0.464 e. The Morgan fingerprint density at radius 1 is 1.54 bits per heavy atom. The van der Waals surface area contributed by atoms with Gasteiger partial charge in [-0.1, -0.05) is 6.92 Å². The van der Waals surface area contributed by atoms with Crippen LogP contribution in [-0.4, -0.2) is 0 Å². The van der Waals surface area contributed by atoms with Crippen LogP contribution in [0.2, 0.25) is 0 Å². The second-order valence-corrected chi connectivity index (χ2v) is 3.92. The zero-order valence-electron chi connectivity index (χ0n) is 8.12. The van der Waals surface area contributed by atoms with Gasteiger partial charge in [0.15, 0.2) is 0 Å². The van der Waals surface area contributed by atoms with Crippen molar-refractivity contribution in [2.75, 3.05) is 0 Å². The Morgan fingerprint density at radius 3 is 2.92 bits per heavy atom. The minimum Gasteiger partial charge on any atom is -0.464 e. The molecule has 2 N–H and O–H groups in total. The molecule has 1 aliphatic rings. The molecule has 1 saturated carbocycles. The SMILES string of the molecule is CCCc1ccc([C@H](N)C2CC2)o1. The normalized spacial score (nSPS) is 18.9. The Kier molecular flexibility index (Phi) is 2.40. The van der Waals surface area contributed by atoms with Crippen LogP contribution < -0.4 is 5.73 Å². The van der Waals surface area contributed by atoms with Crippen molar-refractivity contribution in [2.24, 2.45) is 11.7 Å². The van der Waals surface area contributed by atoms with Crippen molar-refractivity contribution in [3.05, 3.63) is 23.7 Å². The van der Waals surface area contributed by atoms with Gasteiger partial charge in [0.25, 0.3) is 0 Å². The summed E-state index contributed by atoms with van der Waals surface area (Å²) in [5, 5.41) is 0. The van der Waals surface area contributed by atoms with Gasteiger partial charge in [0.05, 0.1) is 6.04 Å². The summed E-state index contributed by atoms with van der Waals surface area (Å²) in [4.78, 5) is 0. The van der Waals surface area contributed by atoms with Crippen LogP contribution in [0.3, 0.4) is 0 Å². The van der Waals surface area contributed by atoms with E-state index in [1.54, 1.807) is 0 Å². The van der Waals surface area contributed by atoms with E-state index < -0.39 is 0 Å². The number of hydrogen-bond donors (Lipinski definition) is 1. The highest BCUT2D eigenvalue weighted by atomic mass is 16.3. The standard InChI is InChI=1S/C11H17NO/c1-2-3-9-6-7-10(13-9)11(12)8-4-5-8/h6-8,11H,2-5,12H2,1H3/t11-/m1/s1. The highest BCUT2D eigenvalue weighted by Crippen LogP contribution is 2.39. The van der Waals surface area contributed by atoms with E-state index in [4.69, 9.17) is 10.2 Å². The van der Waals surface area contributed by atoms with Crippen molar-refractivity contribution in [3.63, 3.8) is 0 Å². The average molecular weight is 179 g/mol. The van der Waals surface area contributed by atoms with Gasteiger partial charge in [-0.15, -0.1) is 0 Å². The van der Waals surface area contributed by atoms with Crippen molar-refractivity contribution in [3.8, 4) is 0 Å². The van der Waals surface area contributed by atoms with E-state index in [9.17, 15) is 0 Å². The molecule has 0 radical (unpaired) electrons. The Morgan fingerprint density at radius 2 is 2.31 bits per heavy atom. The van der Waals surface area contributed by atoms with Crippen molar-refractivity contribution >= 4 is 0 Å². The molecule has 1 fully saturated rings. The molecule has 0 spiro atoms. The van der Waals surface area contributed by atoms with Gasteiger partial charge in [0.2, 0.25) is 0 Å². The Labute approximate surface area is 79.1 Å². The van der Waals surface area contributed by atoms with Crippen molar-refractivity contribution in [1.82, 2.24) is 0 Å². The van der Waals surface area contributed by atoms with E-state index in [2.05, 4.69) is 13.0 Å². The smallest absolute Gasteiger partial charge is 0.121 e. The molecule has 0 unspecified atom stereocenters. The predicted octanol–water partition coefficient (Wildman–Crippen LogP) is 2.64. The minimum atomic E-state index is 0.144. The Hall–Kier alpha value is -0.760. The van der Waals surface area contributed by atoms with Gasteiger partial charge in [0.1, 0.15) is 11.5 Å². The molecule has 1 aliphatic carbocycles. The molecule has 0 aliphatic heterocycles. The molecule has 2 nitrogen and oxygen atoms in total. The van der Waals surface area contributed by atoms with Crippen LogP contribution in [0.25, 0.3) is 0 Å². The first-order chi connectivity index (χ1) is 6.31. The lowest BCUT2D eigenvalue weighted by atomic mass is 10.1. The zero-order valence-corrected chi connectivity index (χ0v) is 8.12. The molecule has 0 bridgehead atoms. The van der Waals surface area contributed by atoms with Crippen LogP contribution in [0.15, 0.2) is 16.5 Å². The van der Waals surface area contributed by atoms with Crippen molar-refractivity contribution < 1.29 is 4.42 Å². The van der Waals surface area contributed by atoms with Gasteiger partial charge in [-0.2, -0.15) is 0 Å². The van der Waals surface area contributed by atoms with Gasteiger partial charge >= 0.3 is 0 Å². The molecule has 2 rings (SSSR count). The van der Waals surface area contributed by atoms with Crippen molar-refractivity contribution in [1.29, 1.82) is 0 Å². The molecule has 1 heterocycles. The van der Waals surface area contributed by atoms with Crippen LogP contribution in [0.5, 0.6) is 0 Å². The van der Waals surface area contributed by atoms with E-state index in [1.165, 1.54) is 12.8 Å². The number of hydrogen-bond acceptors (Lipinski definition) is 2. The Bertz CT molecular complexity index is 275. The maximum Gasteiger partial charge on any atom is 0.121 e. The number of aryl methyl sites for hydroxylation is 1. The van der Waals surface area contributed by atoms with Gasteiger partial charge in [0, 0.05) is 6.42 Å². The molecular weight excluding hydrogens is 162 g/mol. The van der Waals surface area contributed by atoms with E-state index in [0.29, 0.717) is 5.92 Å². The van der Waals surface area contributed by atoms with Crippen LogP contribution in [0.1, 0.15) is 43.7 Å². The molecule has 1 atom stereocenters. The van der Waals surface area contributed by atoms with E-state index in [1.807, 2.05) is 6.07 Å². The molecule has 0 aromatic carbocycles. The third-order valence-electron chi connectivity index (χ3n) is 2.64. The van der Waals surface area contributed by atoms with Crippen LogP contribution in [0, 0.1) is 5.92 Å². The highest BCUT2D eigenvalue weighted by molar-refractivity contribution is 5.12. The monoisotopic (exact) mass is 179 g/mol. The number of rotatable bonds is 4. The lowest BCUT2D eigenvalue weighted by Gasteiger charge is -2.05. The first-order valence-corrected chi connectivity index (χ1v) is 5.15. The third kappa shape index (κ3) is 1.94. The highest BCUT2D eigenvalue weighted by Gasteiger charge is 2.31. The van der Waals surface area contributed by atoms with E-state index in [0.717, 1.165) is 24.4 Å². The quantitative estimate of drug-likeness (QED) is 0.771. The molecule has 1 aromatic rings. The van der Waals surface area contributed by atoms with E-state index in [-0.39, 0.29) is 6.04 Å². The fourth-order valence-electron chi connectivity index (χ4n) is 1.64. The first-order valence-electron chi connectivity index (χ1n) is 5.15. The fourth-order valence-corrected chi connectivity index (χ4v) is 1.64. The summed E-state index contributed by atoms with van der Waals surface area (Å²) in [6.45, 7) is 2.16. The average Bonchev–Trinajstić information content (AvgIpc) is 2.87. The third-order valence-corrected chi connectivity index (χ3v) is 2.64. The maximum absolute atomic E-state index is 6.02. The molecule has 0 amide bonds. The number of furan rings is 1. The van der Waals surface area contributed by atoms with E-state index >= 15 is 0 Å². The Balaban J connectivity index is 2.03. The van der Waals surface area contributed by atoms with Gasteiger partial charge in [-0.3, -0.25) is 0 Å². The lowest BCUT2D eigenvalue weighted by Crippen LogP contribution is -2.10. The van der Waals surface area contributed by atoms with Gasteiger partial charge in [-0.25, -0.2) is 0 Å². The molecule has 0 saturated heterocycles. The van der Waals surface area contributed by atoms with Crippen LogP contribution in [0.4, 0.5) is 0 Å². The second-order valence-electron chi connectivity index (χ2n) is 3.92. The maximum atomic E-state index is 6.02. The predicted molar refractivity (Wildman–Crippen MR) is 52.4 cm³/mol. The topological polar surface area (TPSA) is 39.2 Å². The summed E-state index contributed by atoms with van der Waals surface area (Å²) in [6.07, 6.45) is 4.69. The lowest BCUT2D eigenvalue weighted by molar-refractivity contribution is 0.413. The second kappa shape index (κ2) is 3.54. The van der Waals surface area contributed by atoms with Gasteiger partial charge < -0.3 is 10.2 Å². The summed E-state index contributed by atoms with van der Waals surface area (Å²) in [6, 6.07) is 4.24. The summed E-state index contributed by atoms with van der Waals surface area (Å²) in [5.74, 6) is 2.74. The van der Waals surface area contributed by atoms with Crippen LogP contribution >= 0.6 is 0 Å². The minimum absolute atomic E-state index is 0.144.